The number of benzene rings is 2. The second-order valence-corrected chi connectivity index (χ2v) is 9.57. The number of hydrogen-bond acceptors (Lipinski definition) is 4. The van der Waals surface area contributed by atoms with Gasteiger partial charge in [0.2, 0.25) is 5.91 Å². The average molecular weight is 452 g/mol. The first-order valence-electron chi connectivity index (χ1n) is 12.4. The standard InChI is InChI=1S/C28H41N3O2/c1-5-9-22(2)21-33-26-14-12-25(13-15-26)27(20-31-18-16-30(4)17-19-31)29-28(32)23(3)24-10-7-6-8-11-24/h6-8,10-15,22-23,27H,5,9,16-21H2,1-4H3,(H,29,32)/t22?,23-,27?/m0/s1. The summed E-state index contributed by atoms with van der Waals surface area (Å²) in [7, 11) is 2.16. The Morgan fingerprint density at radius 3 is 2.27 bits per heavy atom. The fourth-order valence-corrected chi connectivity index (χ4v) is 4.32. The highest BCUT2D eigenvalue weighted by Crippen LogP contribution is 2.23. The molecule has 0 aliphatic carbocycles. The van der Waals surface area contributed by atoms with Crippen LogP contribution in [0.2, 0.25) is 0 Å². The van der Waals surface area contributed by atoms with E-state index < -0.39 is 0 Å². The zero-order chi connectivity index (χ0) is 23.6. The van der Waals surface area contributed by atoms with Gasteiger partial charge in [-0.2, -0.15) is 0 Å². The van der Waals surface area contributed by atoms with E-state index in [2.05, 4.69) is 48.1 Å². The quantitative estimate of drug-likeness (QED) is 0.537. The van der Waals surface area contributed by atoms with Gasteiger partial charge in [-0.25, -0.2) is 0 Å². The average Bonchev–Trinajstić information content (AvgIpc) is 2.84. The van der Waals surface area contributed by atoms with Crippen molar-refractivity contribution in [3.05, 3.63) is 65.7 Å². The molecule has 5 heteroatoms. The van der Waals surface area contributed by atoms with Crippen molar-refractivity contribution in [3.8, 4) is 5.75 Å². The lowest BCUT2D eigenvalue weighted by atomic mass is 9.98. The maximum absolute atomic E-state index is 13.2. The monoisotopic (exact) mass is 451 g/mol. The summed E-state index contributed by atoms with van der Waals surface area (Å²) in [6.07, 6.45) is 2.36. The summed E-state index contributed by atoms with van der Waals surface area (Å²) in [5.41, 5.74) is 2.16. The van der Waals surface area contributed by atoms with Gasteiger partial charge in [0, 0.05) is 32.7 Å². The van der Waals surface area contributed by atoms with Crippen LogP contribution in [0.25, 0.3) is 0 Å². The van der Waals surface area contributed by atoms with Crippen molar-refractivity contribution in [1.82, 2.24) is 15.1 Å². The van der Waals surface area contributed by atoms with Gasteiger partial charge in [-0.3, -0.25) is 9.69 Å². The molecule has 3 atom stereocenters. The molecular weight excluding hydrogens is 410 g/mol. The molecule has 1 aliphatic heterocycles. The van der Waals surface area contributed by atoms with Gasteiger partial charge in [-0.15, -0.1) is 0 Å². The number of amides is 1. The van der Waals surface area contributed by atoms with E-state index in [9.17, 15) is 4.79 Å². The second kappa shape index (κ2) is 12.8. The molecule has 0 saturated carbocycles. The largest absolute Gasteiger partial charge is 0.493 e. The van der Waals surface area contributed by atoms with Crippen LogP contribution in [0.1, 0.15) is 56.7 Å². The van der Waals surface area contributed by atoms with Crippen molar-refractivity contribution in [2.45, 2.75) is 45.6 Å². The number of likely N-dealkylation sites (N-methyl/N-ethyl adjacent to an activating group) is 1. The summed E-state index contributed by atoms with van der Waals surface area (Å²) in [5, 5.41) is 3.34. The Morgan fingerprint density at radius 2 is 1.64 bits per heavy atom. The number of rotatable bonds is 11. The normalized spacial score (nSPS) is 17.8. The first-order valence-corrected chi connectivity index (χ1v) is 12.4. The third kappa shape index (κ3) is 7.86. The number of ether oxygens (including phenoxy) is 1. The molecule has 1 heterocycles. The van der Waals surface area contributed by atoms with Crippen LogP contribution in [0.5, 0.6) is 5.75 Å². The second-order valence-electron chi connectivity index (χ2n) is 9.57. The SMILES string of the molecule is CCCC(C)COc1ccc(C(CN2CCN(C)CC2)NC(=O)[C@@H](C)c2ccccc2)cc1. The first-order chi connectivity index (χ1) is 16.0. The van der Waals surface area contributed by atoms with E-state index in [1.54, 1.807) is 0 Å². The lowest BCUT2D eigenvalue weighted by Gasteiger charge is -2.35. The minimum absolute atomic E-state index is 0.0554. The highest BCUT2D eigenvalue weighted by molar-refractivity contribution is 5.83. The molecule has 1 saturated heterocycles. The van der Waals surface area contributed by atoms with Crippen LogP contribution in [-0.2, 0) is 4.79 Å². The van der Waals surface area contributed by atoms with Crippen LogP contribution in [-0.4, -0.2) is 62.1 Å². The van der Waals surface area contributed by atoms with E-state index in [1.165, 1.54) is 12.8 Å². The Hall–Kier alpha value is -2.37. The molecule has 5 nitrogen and oxygen atoms in total. The van der Waals surface area contributed by atoms with Gasteiger partial charge in [0.25, 0.3) is 0 Å². The third-order valence-electron chi connectivity index (χ3n) is 6.64. The van der Waals surface area contributed by atoms with Gasteiger partial charge in [0.1, 0.15) is 5.75 Å². The molecule has 0 bridgehead atoms. The number of nitrogens with one attached hydrogen (secondary N) is 1. The predicted octanol–water partition coefficient (Wildman–Crippen LogP) is 4.71. The number of carbonyl (C=O) groups is 1. The van der Waals surface area contributed by atoms with Gasteiger partial charge in [-0.05, 0) is 49.6 Å². The molecule has 0 spiro atoms. The maximum atomic E-state index is 13.2. The molecule has 180 valence electrons. The van der Waals surface area contributed by atoms with Crippen molar-refractivity contribution in [1.29, 1.82) is 0 Å². The fraction of sp³-hybridized carbons (Fsp3) is 0.536. The van der Waals surface area contributed by atoms with Crippen LogP contribution in [0.3, 0.4) is 0 Å². The molecule has 2 aromatic rings. The Kier molecular flexibility index (Phi) is 9.76. The molecule has 2 aromatic carbocycles. The molecule has 2 unspecified atom stereocenters. The Morgan fingerprint density at radius 1 is 0.970 bits per heavy atom. The van der Waals surface area contributed by atoms with Crippen LogP contribution in [0.4, 0.5) is 0 Å². The summed E-state index contributed by atoms with van der Waals surface area (Å²) in [6, 6.07) is 18.2. The summed E-state index contributed by atoms with van der Waals surface area (Å²) < 4.78 is 5.99. The van der Waals surface area contributed by atoms with Crippen LogP contribution in [0, 0.1) is 5.92 Å². The van der Waals surface area contributed by atoms with E-state index in [1.807, 2.05) is 49.4 Å². The number of piperazine rings is 1. The Balaban J connectivity index is 1.69. The predicted molar refractivity (Wildman–Crippen MR) is 136 cm³/mol. The zero-order valence-corrected chi connectivity index (χ0v) is 20.8. The van der Waals surface area contributed by atoms with E-state index in [-0.39, 0.29) is 17.9 Å². The topological polar surface area (TPSA) is 44.8 Å². The van der Waals surface area contributed by atoms with E-state index >= 15 is 0 Å². The highest BCUT2D eigenvalue weighted by Gasteiger charge is 2.24. The maximum Gasteiger partial charge on any atom is 0.227 e. The van der Waals surface area contributed by atoms with Gasteiger partial charge >= 0.3 is 0 Å². The lowest BCUT2D eigenvalue weighted by Crippen LogP contribution is -2.48. The fourth-order valence-electron chi connectivity index (χ4n) is 4.32. The van der Waals surface area contributed by atoms with Crippen molar-refractivity contribution in [2.24, 2.45) is 5.92 Å². The molecule has 0 aromatic heterocycles. The Labute approximate surface area is 200 Å². The summed E-state index contributed by atoms with van der Waals surface area (Å²) in [5.74, 6) is 1.32. The van der Waals surface area contributed by atoms with Gasteiger partial charge in [-0.1, -0.05) is 62.7 Å². The van der Waals surface area contributed by atoms with Crippen LogP contribution < -0.4 is 10.1 Å². The van der Waals surface area contributed by atoms with Crippen molar-refractivity contribution < 1.29 is 9.53 Å². The van der Waals surface area contributed by atoms with Crippen LogP contribution >= 0.6 is 0 Å². The number of carbonyl (C=O) groups excluding carboxylic acids is 1. The van der Waals surface area contributed by atoms with E-state index in [0.29, 0.717) is 5.92 Å². The first kappa shape index (κ1) is 25.3. The number of hydrogen-bond donors (Lipinski definition) is 1. The molecule has 1 fully saturated rings. The summed E-state index contributed by atoms with van der Waals surface area (Å²) in [4.78, 5) is 18.0. The van der Waals surface area contributed by atoms with Crippen LogP contribution in [0.15, 0.2) is 54.6 Å². The zero-order valence-electron chi connectivity index (χ0n) is 20.8. The Bertz CT molecular complexity index is 832. The number of nitrogens with zero attached hydrogens (tertiary/aromatic N) is 2. The highest BCUT2D eigenvalue weighted by atomic mass is 16.5. The van der Waals surface area contributed by atoms with Crippen molar-refractivity contribution >= 4 is 5.91 Å². The van der Waals surface area contributed by atoms with Crippen molar-refractivity contribution in [3.63, 3.8) is 0 Å². The van der Waals surface area contributed by atoms with Gasteiger partial charge < -0.3 is 15.0 Å². The molecule has 33 heavy (non-hydrogen) atoms. The molecular formula is C28H41N3O2. The molecule has 1 N–H and O–H groups in total. The smallest absolute Gasteiger partial charge is 0.227 e. The third-order valence-corrected chi connectivity index (χ3v) is 6.64. The summed E-state index contributed by atoms with van der Waals surface area (Å²) >= 11 is 0. The molecule has 1 aliphatic rings. The minimum Gasteiger partial charge on any atom is -0.493 e. The van der Waals surface area contributed by atoms with E-state index in [0.717, 1.165) is 56.2 Å². The minimum atomic E-state index is -0.191. The molecule has 0 radical (unpaired) electrons. The van der Waals surface area contributed by atoms with Gasteiger partial charge in [0.15, 0.2) is 0 Å². The van der Waals surface area contributed by atoms with Crippen molar-refractivity contribution in [2.75, 3.05) is 46.4 Å². The van der Waals surface area contributed by atoms with E-state index in [4.69, 9.17) is 4.74 Å². The van der Waals surface area contributed by atoms with Gasteiger partial charge in [0.05, 0.1) is 18.6 Å². The molecule has 3 rings (SSSR count). The lowest BCUT2D eigenvalue weighted by molar-refractivity contribution is -0.123. The molecule has 1 amide bonds. The summed E-state index contributed by atoms with van der Waals surface area (Å²) in [6.45, 7) is 12.1.